The van der Waals surface area contributed by atoms with Gasteiger partial charge >= 0.3 is 0 Å². The van der Waals surface area contributed by atoms with Crippen molar-refractivity contribution in [3.63, 3.8) is 0 Å². The predicted molar refractivity (Wildman–Crippen MR) is 85.1 cm³/mol. The number of hydrogen-bond acceptors (Lipinski definition) is 3. The first-order chi connectivity index (χ1) is 9.60. The van der Waals surface area contributed by atoms with Gasteiger partial charge in [-0.15, -0.1) is 0 Å². The zero-order valence-electron chi connectivity index (χ0n) is 11.8. The number of nitrogens with one attached hydrogen (secondary N) is 1. The standard InChI is InChI=1S/C15H21BrN2O2/c1-2-11-4-3-5-12(7-6-11)17-13-8-9-14(16)15(10-13)18(19)20/h8-12,17H,2-7H2,1H3. The molecule has 1 aliphatic rings. The number of nitro benzene ring substituents is 1. The monoisotopic (exact) mass is 340 g/mol. The van der Waals surface area contributed by atoms with Crippen LogP contribution in [-0.2, 0) is 0 Å². The van der Waals surface area contributed by atoms with Crippen LogP contribution in [0.4, 0.5) is 11.4 Å². The molecule has 1 saturated carbocycles. The summed E-state index contributed by atoms with van der Waals surface area (Å²) < 4.78 is 0.528. The highest BCUT2D eigenvalue weighted by Crippen LogP contribution is 2.31. The van der Waals surface area contributed by atoms with Crippen LogP contribution >= 0.6 is 15.9 Å². The molecule has 2 rings (SSSR count). The Labute approximate surface area is 128 Å². The second-order valence-electron chi connectivity index (χ2n) is 5.55. The van der Waals surface area contributed by atoms with Crippen LogP contribution in [0.3, 0.4) is 0 Å². The normalized spacial score (nSPS) is 23.1. The summed E-state index contributed by atoms with van der Waals surface area (Å²) >= 11 is 3.22. The fourth-order valence-corrected chi connectivity index (χ4v) is 3.30. The van der Waals surface area contributed by atoms with Crippen molar-refractivity contribution in [2.24, 2.45) is 5.92 Å². The van der Waals surface area contributed by atoms with Crippen LogP contribution in [0.2, 0.25) is 0 Å². The summed E-state index contributed by atoms with van der Waals surface area (Å²) in [7, 11) is 0. The van der Waals surface area contributed by atoms with Crippen molar-refractivity contribution in [1.29, 1.82) is 0 Å². The Morgan fingerprint density at radius 2 is 2.15 bits per heavy atom. The quantitative estimate of drug-likeness (QED) is 0.469. The number of nitrogens with zero attached hydrogens (tertiary/aromatic N) is 1. The minimum Gasteiger partial charge on any atom is -0.382 e. The van der Waals surface area contributed by atoms with Gasteiger partial charge in [0, 0.05) is 17.8 Å². The van der Waals surface area contributed by atoms with Gasteiger partial charge in [-0.1, -0.05) is 26.2 Å². The third-order valence-electron chi connectivity index (χ3n) is 4.18. The topological polar surface area (TPSA) is 55.2 Å². The summed E-state index contributed by atoms with van der Waals surface area (Å²) in [6, 6.07) is 5.70. The minimum absolute atomic E-state index is 0.120. The van der Waals surface area contributed by atoms with E-state index in [-0.39, 0.29) is 10.6 Å². The van der Waals surface area contributed by atoms with Crippen molar-refractivity contribution in [2.45, 2.75) is 51.5 Å². The summed E-state index contributed by atoms with van der Waals surface area (Å²) in [5, 5.41) is 14.4. The fourth-order valence-electron chi connectivity index (χ4n) is 2.91. The summed E-state index contributed by atoms with van der Waals surface area (Å²) in [6.07, 6.45) is 7.38. The lowest BCUT2D eigenvalue weighted by Gasteiger charge is -2.18. The Balaban J connectivity index is 2.02. The third kappa shape index (κ3) is 3.95. The van der Waals surface area contributed by atoms with E-state index in [4.69, 9.17) is 0 Å². The van der Waals surface area contributed by atoms with Gasteiger partial charge in [-0.25, -0.2) is 0 Å². The van der Waals surface area contributed by atoms with Gasteiger partial charge in [-0.3, -0.25) is 10.1 Å². The molecule has 0 bridgehead atoms. The van der Waals surface area contributed by atoms with Crippen molar-refractivity contribution in [2.75, 3.05) is 5.32 Å². The predicted octanol–water partition coefficient (Wildman–Crippen LogP) is 5.13. The van der Waals surface area contributed by atoms with E-state index in [2.05, 4.69) is 28.2 Å². The molecule has 1 aromatic rings. The highest BCUT2D eigenvalue weighted by atomic mass is 79.9. The van der Waals surface area contributed by atoms with Crippen LogP contribution in [0.5, 0.6) is 0 Å². The lowest BCUT2D eigenvalue weighted by Crippen LogP contribution is -2.18. The Hall–Kier alpha value is -1.10. The average Bonchev–Trinajstić information content (AvgIpc) is 2.66. The number of nitro groups is 1. The van der Waals surface area contributed by atoms with Gasteiger partial charge in [0.2, 0.25) is 0 Å². The van der Waals surface area contributed by atoms with Crippen molar-refractivity contribution < 1.29 is 4.92 Å². The van der Waals surface area contributed by atoms with Gasteiger partial charge in [0.25, 0.3) is 5.69 Å². The Morgan fingerprint density at radius 3 is 2.85 bits per heavy atom. The molecule has 0 radical (unpaired) electrons. The second kappa shape index (κ2) is 7.07. The highest BCUT2D eigenvalue weighted by Gasteiger charge is 2.19. The second-order valence-corrected chi connectivity index (χ2v) is 6.40. The third-order valence-corrected chi connectivity index (χ3v) is 4.85. The van der Waals surface area contributed by atoms with Crippen LogP contribution in [0.25, 0.3) is 0 Å². The van der Waals surface area contributed by atoms with Gasteiger partial charge in [0.1, 0.15) is 0 Å². The molecular weight excluding hydrogens is 320 g/mol. The zero-order valence-corrected chi connectivity index (χ0v) is 13.4. The molecule has 0 heterocycles. The lowest BCUT2D eigenvalue weighted by molar-refractivity contribution is -0.385. The molecular formula is C15H21BrN2O2. The number of rotatable bonds is 4. The van der Waals surface area contributed by atoms with Crippen LogP contribution in [0.15, 0.2) is 22.7 Å². The summed E-state index contributed by atoms with van der Waals surface area (Å²) in [5.41, 5.74) is 0.968. The maximum atomic E-state index is 11.0. The van der Waals surface area contributed by atoms with Crippen molar-refractivity contribution in [3.8, 4) is 0 Å². The van der Waals surface area contributed by atoms with Crippen LogP contribution in [-0.4, -0.2) is 11.0 Å². The SMILES string of the molecule is CCC1CCCC(Nc2ccc(Br)c([N+](=O)[O-])c2)CC1. The zero-order chi connectivity index (χ0) is 14.5. The Kier molecular flexibility index (Phi) is 5.40. The van der Waals surface area contributed by atoms with E-state index >= 15 is 0 Å². The van der Waals surface area contributed by atoms with Gasteiger partial charge in [0.15, 0.2) is 0 Å². The number of anilines is 1. The largest absolute Gasteiger partial charge is 0.382 e. The molecule has 0 aromatic heterocycles. The number of benzene rings is 1. The van der Waals surface area contributed by atoms with Crippen molar-refractivity contribution in [3.05, 3.63) is 32.8 Å². The summed E-state index contributed by atoms with van der Waals surface area (Å²) in [6.45, 7) is 2.26. The molecule has 1 aliphatic carbocycles. The molecule has 1 fully saturated rings. The molecule has 0 saturated heterocycles. The first-order valence-electron chi connectivity index (χ1n) is 7.30. The number of halogens is 1. The average molecular weight is 341 g/mol. The molecule has 4 nitrogen and oxygen atoms in total. The smallest absolute Gasteiger partial charge is 0.285 e. The van der Waals surface area contributed by atoms with Gasteiger partial charge in [-0.2, -0.15) is 0 Å². The molecule has 2 unspecified atom stereocenters. The van der Waals surface area contributed by atoms with Gasteiger partial charge in [0.05, 0.1) is 9.40 Å². The summed E-state index contributed by atoms with van der Waals surface area (Å²) in [4.78, 5) is 10.6. The lowest BCUT2D eigenvalue weighted by atomic mass is 9.98. The van der Waals surface area contributed by atoms with E-state index in [1.165, 1.54) is 25.7 Å². The molecule has 1 N–H and O–H groups in total. The van der Waals surface area contributed by atoms with Crippen molar-refractivity contribution >= 4 is 27.3 Å². The Morgan fingerprint density at radius 1 is 1.35 bits per heavy atom. The van der Waals surface area contributed by atoms with E-state index in [1.54, 1.807) is 12.1 Å². The highest BCUT2D eigenvalue weighted by molar-refractivity contribution is 9.10. The summed E-state index contributed by atoms with van der Waals surface area (Å²) in [5.74, 6) is 0.848. The first kappa shape index (κ1) is 15.3. The first-order valence-corrected chi connectivity index (χ1v) is 8.10. The van der Waals surface area contributed by atoms with Crippen molar-refractivity contribution in [1.82, 2.24) is 0 Å². The molecule has 2 atom stereocenters. The van der Waals surface area contributed by atoms with Crippen LogP contribution in [0, 0.1) is 16.0 Å². The molecule has 0 amide bonds. The minimum atomic E-state index is -0.352. The van der Waals surface area contributed by atoms with E-state index in [0.29, 0.717) is 10.5 Å². The van der Waals surface area contributed by atoms with E-state index < -0.39 is 0 Å². The van der Waals surface area contributed by atoms with E-state index in [9.17, 15) is 10.1 Å². The van der Waals surface area contributed by atoms with Gasteiger partial charge < -0.3 is 5.32 Å². The van der Waals surface area contributed by atoms with E-state index in [1.807, 2.05) is 6.07 Å². The molecule has 0 aliphatic heterocycles. The maximum absolute atomic E-state index is 11.0. The molecule has 110 valence electrons. The molecule has 5 heteroatoms. The maximum Gasteiger partial charge on any atom is 0.285 e. The Bertz CT molecular complexity index is 479. The van der Waals surface area contributed by atoms with Crippen LogP contribution in [0.1, 0.15) is 45.4 Å². The van der Waals surface area contributed by atoms with Gasteiger partial charge in [-0.05, 0) is 53.2 Å². The van der Waals surface area contributed by atoms with E-state index in [0.717, 1.165) is 24.4 Å². The number of hydrogen-bond donors (Lipinski definition) is 1. The molecule has 20 heavy (non-hydrogen) atoms. The van der Waals surface area contributed by atoms with Crippen LogP contribution < -0.4 is 5.32 Å². The molecule has 1 aromatic carbocycles. The fraction of sp³-hybridized carbons (Fsp3) is 0.600. The molecule has 0 spiro atoms.